The van der Waals surface area contributed by atoms with Crippen molar-refractivity contribution in [3.8, 4) is 0 Å². The zero-order valence-corrected chi connectivity index (χ0v) is 23.4. The van der Waals surface area contributed by atoms with Crippen LogP contribution in [0.5, 0.6) is 0 Å². The van der Waals surface area contributed by atoms with E-state index in [0.717, 1.165) is 29.6 Å². The molecular formula is C21H12N3PmS6-3. The van der Waals surface area contributed by atoms with Crippen LogP contribution >= 0.6 is 34.0 Å². The molecule has 6 aromatic rings. The van der Waals surface area contributed by atoms with Crippen LogP contribution in [-0.2, 0) is 37.9 Å². The molecule has 0 saturated carbocycles. The second-order valence-corrected chi connectivity index (χ2v) is 10.9. The predicted molar refractivity (Wildman–Crippen MR) is 136 cm³/mol. The first-order valence-electron chi connectivity index (χ1n) is 8.66. The van der Waals surface area contributed by atoms with E-state index in [1.54, 1.807) is 34.0 Å². The maximum atomic E-state index is 4.92. The summed E-state index contributed by atoms with van der Waals surface area (Å²) >= 11 is 19.4. The molecule has 0 atom stereocenters. The molecule has 3 aromatic carbocycles. The van der Waals surface area contributed by atoms with Gasteiger partial charge < -0.3 is 71.9 Å². The van der Waals surface area contributed by atoms with Crippen molar-refractivity contribution < 1.29 is 40.4 Å². The number of fused-ring (bicyclic) bond motifs is 3. The zero-order chi connectivity index (χ0) is 20.9. The van der Waals surface area contributed by atoms with Crippen LogP contribution < -0.4 is 0 Å². The van der Waals surface area contributed by atoms with Gasteiger partial charge in [0.05, 0.1) is 16.6 Å². The minimum atomic E-state index is 0. The monoisotopic (exact) mass is 643 g/mol. The number of para-hydroxylation sites is 3. The Morgan fingerprint density at radius 1 is 0.452 bits per heavy atom. The molecule has 6 rings (SSSR count). The Kier molecular flexibility index (Phi) is 9.64. The molecule has 155 valence electrons. The number of thiazole rings is 3. The van der Waals surface area contributed by atoms with Gasteiger partial charge in [0.25, 0.3) is 0 Å². The van der Waals surface area contributed by atoms with Crippen LogP contribution in [-0.4, -0.2) is 15.0 Å². The summed E-state index contributed by atoms with van der Waals surface area (Å²) in [4.78, 5) is 12.4. The van der Waals surface area contributed by atoms with Gasteiger partial charge in [-0.3, -0.25) is 15.0 Å². The molecule has 0 bridgehead atoms. The van der Waals surface area contributed by atoms with Gasteiger partial charge in [0.15, 0.2) is 0 Å². The standard InChI is InChI=1S/3C7H5NS2.Pm/c3*9-7-8-5-3-1-2-4-6(5)10-7;/h3*1-4H,(H,8,9);/p-3. The first-order valence-corrected chi connectivity index (χ1v) is 12.3. The van der Waals surface area contributed by atoms with Crippen molar-refractivity contribution >= 4 is 103 Å². The quantitative estimate of drug-likeness (QED) is 0.174. The van der Waals surface area contributed by atoms with Gasteiger partial charge in [0.2, 0.25) is 0 Å². The van der Waals surface area contributed by atoms with Gasteiger partial charge >= 0.3 is 0 Å². The molecule has 0 spiro atoms. The van der Waals surface area contributed by atoms with Crippen molar-refractivity contribution in [3.05, 3.63) is 72.8 Å². The normalized spacial score (nSPS) is 10.1. The average molecular weight is 644 g/mol. The van der Waals surface area contributed by atoms with Crippen LogP contribution in [0.4, 0.5) is 0 Å². The van der Waals surface area contributed by atoms with Crippen molar-refractivity contribution in [1.29, 1.82) is 0 Å². The van der Waals surface area contributed by atoms with Gasteiger partial charge in [0, 0.05) is 40.4 Å². The maximum absolute atomic E-state index is 4.92. The van der Waals surface area contributed by atoms with Crippen LogP contribution in [0.2, 0.25) is 0 Å². The van der Waals surface area contributed by atoms with Crippen molar-refractivity contribution in [2.75, 3.05) is 0 Å². The summed E-state index contributed by atoms with van der Waals surface area (Å²) in [6.45, 7) is 0. The molecule has 3 nitrogen and oxygen atoms in total. The molecule has 3 heterocycles. The molecule has 1 radical (unpaired) electrons. The topological polar surface area (TPSA) is 38.7 Å². The smallest absolute Gasteiger partial charge is 0.0600 e. The summed E-state index contributed by atoms with van der Waals surface area (Å²) in [5.41, 5.74) is 3.03. The summed E-state index contributed by atoms with van der Waals surface area (Å²) in [6.07, 6.45) is 0. The second kappa shape index (κ2) is 12.0. The van der Waals surface area contributed by atoms with Gasteiger partial charge in [0.1, 0.15) is 0 Å². The van der Waals surface area contributed by atoms with Gasteiger partial charge in [-0.2, -0.15) is 0 Å². The Morgan fingerprint density at radius 2 is 0.710 bits per heavy atom. The zero-order valence-electron chi connectivity index (χ0n) is 15.7. The van der Waals surface area contributed by atoms with Crippen LogP contribution in [0, 0.1) is 40.4 Å². The minimum Gasteiger partial charge on any atom is -0.408 e. The van der Waals surface area contributed by atoms with Gasteiger partial charge in [-0.1, -0.05) is 54.6 Å². The number of aromatic nitrogens is 3. The number of benzene rings is 3. The molecule has 0 unspecified atom stereocenters. The summed E-state index contributed by atoms with van der Waals surface area (Å²) < 4.78 is 5.69. The van der Waals surface area contributed by atoms with Gasteiger partial charge in [-0.15, -0.1) is 0 Å². The van der Waals surface area contributed by atoms with Gasteiger partial charge in [-0.05, 0) is 45.3 Å². The first kappa shape index (κ1) is 25.0. The number of rotatable bonds is 0. The van der Waals surface area contributed by atoms with Crippen molar-refractivity contribution in [1.82, 2.24) is 15.0 Å². The molecule has 31 heavy (non-hydrogen) atoms. The Morgan fingerprint density at radius 3 is 0.968 bits per heavy atom. The molecular weight excluding hydrogens is 632 g/mol. The van der Waals surface area contributed by atoms with Gasteiger partial charge in [-0.25, -0.2) is 0 Å². The van der Waals surface area contributed by atoms with E-state index in [2.05, 4.69) is 15.0 Å². The van der Waals surface area contributed by atoms with E-state index >= 15 is 0 Å². The molecule has 3 aromatic heterocycles. The van der Waals surface area contributed by atoms with E-state index < -0.39 is 0 Å². The molecule has 0 aliphatic carbocycles. The van der Waals surface area contributed by atoms with E-state index in [1.165, 1.54) is 14.1 Å². The third-order valence-electron chi connectivity index (χ3n) is 3.82. The second-order valence-electron chi connectivity index (χ2n) is 5.84. The Balaban J connectivity index is 0.000000130. The third-order valence-corrected chi connectivity index (χ3v) is 7.34. The van der Waals surface area contributed by atoms with Crippen LogP contribution in [0.15, 0.2) is 85.8 Å². The molecule has 0 saturated heterocycles. The van der Waals surface area contributed by atoms with E-state index in [9.17, 15) is 0 Å². The van der Waals surface area contributed by atoms with E-state index in [-0.39, 0.29) is 40.4 Å². The van der Waals surface area contributed by atoms with Crippen LogP contribution in [0.3, 0.4) is 0 Å². The molecule has 10 heteroatoms. The fraction of sp³-hybridized carbons (Fsp3) is 0. The van der Waals surface area contributed by atoms with E-state index in [1.807, 2.05) is 72.8 Å². The van der Waals surface area contributed by atoms with Crippen molar-refractivity contribution in [2.24, 2.45) is 0 Å². The van der Waals surface area contributed by atoms with Crippen LogP contribution in [0.25, 0.3) is 30.6 Å². The fourth-order valence-corrected chi connectivity index (χ4v) is 5.75. The summed E-state index contributed by atoms with van der Waals surface area (Å²) in [7, 11) is 0. The number of hydrogen-bond acceptors (Lipinski definition) is 9. The summed E-state index contributed by atoms with van der Waals surface area (Å²) in [5.74, 6) is 0. The third kappa shape index (κ3) is 6.90. The van der Waals surface area contributed by atoms with Crippen molar-refractivity contribution in [3.63, 3.8) is 0 Å². The molecule has 0 N–H and O–H groups in total. The van der Waals surface area contributed by atoms with Crippen molar-refractivity contribution in [2.45, 2.75) is 13.0 Å². The van der Waals surface area contributed by atoms with E-state index in [0.29, 0.717) is 0 Å². The summed E-state index contributed by atoms with van der Waals surface area (Å²) in [6, 6.07) is 23.9. The number of nitrogens with zero attached hydrogens (tertiary/aromatic N) is 3. The fourth-order valence-electron chi connectivity index (χ4n) is 2.55. The first-order chi connectivity index (χ1) is 14.6. The SMILES string of the molecule is [Pm].[S-]c1nc2ccccc2s1.[S-]c1nc2ccccc2s1.[S-]c1nc2ccccc2s1. The molecule has 0 amide bonds. The predicted octanol–water partition coefficient (Wildman–Crippen LogP) is 6.61. The van der Waals surface area contributed by atoms with Crippen LogP contribution in [0.1, 0.15) is 0 Å². The van der Waals surface area contributed by atoms with E-state index in [4.69, 9.17) is 37.9 Å². The average Bonchev–Trinajstić information content (AvgIpc) is 3.41. The molecule has 0 fully saturated rings. The maximum Gasteiger partial charge on any atom is 0.0600 e. The minimum absolute atomic E-state index is 0. The molecule has 0 aliphatic rings. The Hall–Kier alpha value is -0.672. The Labute approximate surface area is 240 Å². The largest absolute Gasteiger partial charge is 0.408 e. The Bertz CT molecular complexity index is 1140. The molecule has 0 aliphatic heterocycles. The summed E-state index contributed by atoms with van der Waals surface area (Å²) in [5, 5.41) is 0. The number of hydrogen-bond donors (Lipinski definition) is 0.